The summed E-state index contributed by atoms with van der Waals surface area (Å²) in [7, 11) is 0. The van der Waals surface area contributed by atoms with Gasteiger partial charge in [-0.3, -0.25) is 4.79 Å². The zero-order chi connectivity index (χ0) is 17.9. The van der Waals surface area contributed by atoms with Gasteiger partial charge in [0.2, 0.25) is 0 Å². The Kier molecular flexibility index (Phi) is 4.79. The Hall–Kier alpha value is -2.55. The van der Waals surface area contributed by atoms with Crippen LogP contribution in [0.4, 0.5) is 5.69 Å². The van der Waals surface area contributed by atoms with Gasteiger partial charge in [-0.1, -0.05) is 24.3 Å². The van der Waals surface area contributed by atoms with Gasteiger partial charge < -0.3 is 10.1 Å². The molecule has 0 spiro atoms. The van der Waals surface area contributed by atoms with E-state index in [0.29, 0.717) is 6.61 Å². The maximum Gasteiger partial charge on any atom is 0.256 e. The van der Waals surface area contributed by atoms with Crippen LogP contribution < -0.4 is 20.5 Å². The molecular weight excluding hydrogens is 322 g/mol. The molecule has 0 aliphatic heterocycles. The van der Waals surface area contributed by atoms with Gasteiger partial charge >= 0.3 is 0 Å². The summed E-state index contributed by atoms with van der Waals surface area (Å²) in [5, 5.41) is 5.23. The molecule has 3 nitrogen and oxygen atoms in total. The first kappa shape index (κ1) is 16.9. The van der Waals surface area contributed by atoms with Crippen LogP contribution in [0.2, 0.25) is 0 Å². The van der Waals surface area contributed by atoms with Crippen molar-refractivity contribution < 1.29 is 9.53 Å². The monoisotopic (exact) mass is 347 g/mol. The van der Waals surface area contributed by atoms with Crippen LogP contribution in [0.25, 0.3) is 12.2 Å². The minimum atomic E-state index is -0.0326. The van der Waals surface area contributed by atoms with Gasteiger partial charge in [0.05, 0.1) is 6.61 Å². The van der Waals surface area contributed by atoms with E-state index in [4.69, 9.17) is 4.74 Å². The zero-order valence-electron chi connectivity index (χ0n) is 15.3. The number of rotatable bonds is 4. The van der Waals surface area contributed by atoms with E-state index in [2.05, 4.69) is 23.5 Å². The normalized spacial score (nSPS) is 15.1. The van der Waals surface area contributed by atoms with Gasteiger partial charge in [0, 0.05) is 16.5 Å². The SMILES string of the molecule is CCOc1ccc(C(=O)Nc2cccc3c2CCCC3)c2c1=CCCC=2. The second-order valence-corrected chi connectivity index (χ2v) is 6.96. The van der Waals surface area contributed by atoms with Gasteiger partial charge in [-0.25, -0.2) is 0 Å². The Morgan fingerprint density at radius 2 is 1.85 bits per heavy atom. The van der Waals surface area contributed by atoms with E-state index in [0.717, 1.165) is 53.1 Å². The maximum atomic E-state index is 13.1. The lowest BCUT2D eigenvalue weighted by atomic mass is 9.90. The van der Waals surface area contributed by atoms with Crippen molar-refractivity contribution in [3.8, 4) is 5.75 Å². The molecule has 0 fully saturated rings. The average molecular weight is 347 g/mol. The Labute approximate surface area is 154 Å². The molecule has 4 rings (SSSR count). The number of hydrogen-bond donors (Lipinski definition) is 1. The average Bonchev–Trinajstić information content (AvgIpc) is 2.68. The number of nitrogens with one attached hydrogen (secondary N) is 1. The van der Waals surface area contributed by atoms with Crippen LogP contribution in [-0.2, 0) is 12.8 Å². The molecule has 0 bridgehead atoms. The molecule has 1 amide bonds. The van der Waals surface area contributed by atoms with Crippen molar-refractivity contribution in [2.45, 2.75) is 45.4 Å². The van der Waals surface area contributed by atoms with Crippen molar-refractivity contribution in [3.05, 3.63) is 57.5 Å². The summed E-state index contributed by atoms with van der Waals surface area (Å²) in [6.07, 6.45) is 10.9. The van der Waals surface area contributed by atoms with Crippen LogP contribution >= 0.6 is 0 Å². The topological polar surface area (TPSA) is 38.3 Å². The predicted octanol–water partition coefficient (Wildman–Crippen LogP) is 3.57. The standard InChI is InChI=1S/C23H25NO2/c1-2-26-22-15-14-20(18-11-5-6-12-19(18)22)23(25)24-21-13-7-9-16-8-3-4-10-17(16)21/h7,9,11-15H,2-6,8,10H2,1H3,(H,24,25). The Morgan fingerprint density at radius 3 is 2.69 bits per heavy atom. The first-order valence-corrected chi connectivity index (χ1v) is 9.66. The number of carbonyl (C=O) groups is 1. The van der Waals surface area contributed by atoms with Crippen LogP contribution in [0.15, 0.2) is 30.3 Å². The van der Waals surface area contributed by atoms with Gasteiger partial charge in [-0.05, 0) is 80.0 Å². The van der Waals surface area contributed by atoms with E-state index in [-0.39, 0.29) is 5.91 Å². The van der Waals surface area contributed by atoms with E-state index in [1.807, 2.05) is 31.2 Å². The number of aryl methyl sites for hydroxylation is 1. The van der Waals surface area contributed by atoms with Crippen LogP contribution in [0.3, 0.4) is 0 Å². The number of fused-ring (bicyclic) bond motifs is 2. The Bertz CT molecular complexity index is 959. The van der Waals surface area contributed by atoms with Gasteiger partial charge in [-0.15, -0.1) is 0 Å². The van der Waals surface area contributed by atoms with Crippen molar-refractivity contribution in [1.82, 2.24) is 0 Å². The fourth-order valence-electron chi connectivity index (χ4n) is 4.07. The van der Waals surface area contributed by atoms with E-state index in [1.165, 1.54) is 24.0 Å². The fraction of sp³-hybridized carbons (Fsp3) is 0.348. The Balaban J connectivity index is 1.71. The molecule has 0 saturated carbocycles. The molecule has 0 radical (unpaired) electrons. The largest absolute Gasteiger partial charge is 0.493 e. The van der Waals surface area contributed by atoms with Gasteiger partial charge in [0.15, 0.2) is 0 Å². The van der Waals surface area contributed by atoms with Gasteiger partial charge in [0.25, 0.3) is 5.91 Å². The summed E-state index contributed by atoms with van der Waals surface area (Å²) in [4.78, 5) is 13.1. The maximum absolute atomic E-state index is 13.1. The highest BCUT2D eigenvalue weighted by Gasteiger charge is 2.17. The molecule has 2 aromatic rings. The predicted molar refractivity (Wildman–Crippen MR) is 106 cm³/mol. The third-order valence-electron chi connectivity index (χ3n) is 5.30. The highest BCUT2D eigenvalue weighted by atomic mass is 16.5. The molecule has 26 heavy (non-hydrogen) atoms. The molecule has 0 heterocycles. The van der Waals surface area contributed by atoms with Gasteiger partial charge in [0.1, 0.15) is 5.75 Å². The summed E-state index contributed by atoms with van der Waals surface area (Å²) in [6, 6.07) is 10.1. The molecular formula is C23H25NO2. The van der Waals surface area contributed by atoms with Crippen molar-refractivity contribution in [2.75, 3.05) is 11.9 Å². The quantitative estimate of drug-likeness (QED) is 0.918. The second-order valence-electron chi connectivity index (χ2n) is 6.96. The number of anilines is 1. The number of amides is 1. The molecule has 0 atom stereocenters. The van der Waals surface area contributed by atoms with Crippen molar-refractivity contribution in [2.24, 2.45) is 0 Å². The molecule has 0 unspecified atom stereocenters. The molecule has 0 aromatic heterocycles. The third-order valence-corrected chi connectivity index (χ3v) is 5.30. The number of carbonyl (C=O) groups excluding carboxylic acids is 1. The minimum Gasteiger partial charge on any atom is -0.493 e. The second kappa shape index (κ2) is 7.36. The van der Waals surface area contributed by atoms with Crippen LogP contribution in [0, 0.1) is 0 Å². The van der Waals surface area contributed by atoms with E-state index in [1.54, 1.807) is 0 Å². The summed E-state index contributed by atoms with van der Waals surface area (Å²) >= 11 is 0. The van der Waals surface area contributed by atoms with Crippen molar-refractivity contribution >= 4 is 23.7 Å². The summed E-state index contributed by atoms with van der Waals surface area (Å²) < 4.78 is 5.75. The summed E-state index contributed by atoms with van der Waals surface area (Å²) in [5.41, 5.74) is 4.38. The molecule has 134 valence electrons. The van der Waals surface area contributed by atoms with Crippen molar-refractivity contribution in [1.29, 1.82) is 0 Å². The van der Waals surface area contributed by atoms with Crippen LogP contribution in [0.1, 0.15) is 54.1 Å². The highest BCUT2D eigenvalue weighted by molar-refractivity contribution is 6.05. The molecule has 2 aliphatic carbocycles. The minimum absolute atomic E-state index is 0.0326. The lowest BCUT2D eigenvalue weighted by molar-refractivity contribution is 0.102. The molecule has 2 aliphatic rings. The third kappa shape index (κ3) is 3.14. The molecule has 0 saturated heterocycles. The first-order chi connectivity index (χ1) is 12.8. The number of ether oxygens (including phenoxy) is 1. The lowest BCUT2D eigenvalue weighted by Gasteiger charge is -2.20. The van der Waals surface area contributed by atoms with E-state index in [9.17, 15) is 4.79 Å². The van der Waals surface area contributed by atoms with E-state index < -0.39 is 0 Å². The highest BCUT2D eigenvalue weighted by Crippen LogP contribution is 2.28. The lowest BCUT2D eigenvalue weighted by Crippen LogP contribution is -2.35. The van der Waals surface area contributed by atoms with Gasteiger partial charge in [-0.2, -0.15) is 0 Å². The number of hydrogen-bond acceptors (Lipinski definition) is 2. The van der Waals surface area contributed by atoms with Crippen LogP contribution in [0.5, 0.6) is 5.75 Å². The molecule has 3 heteroatoms. The van der Waals surface area contributed by atoms with Crippen molar-refractivity contribution in [3.63, 3.8) is 0 Å². The summed E-state index contributed by atoms with van der Waals surface area (Å²) in [5.74, 6) is 0.835. The van der Waals surface area contributed by atoms with Crippen LogP contribution in [-0.4, -0.2) is 12.5 Å². The van der Waals surface area contributed by atoms with E-state index >= 15 is 0 Å². The molecule has 1 N–H and O–H groups in total. The fourth-order valence-corrected chi connectivity index (χ4v) is 4.07. The molecule has 2 aromatic carbocycles. The zero-order valence-corrected chi connectivity index (χ0v) is 15.3. The smallest absolute Gasteiger partial charge is 0.256 e. The Morgan fingerprint density at radius 1 is 1.04 bits per heavy atom. The number of benzene rings is 2. The summed E-state index contributed by atoms with van der Waals surface area (Å²) in [6.45, 7) is 2.61. The first-order valence-electron chi connectivity index (χ1n) is 9.66.